The first kappa shape index (κ1) is 14.0. The number of hydrogen-bond acceptors (Lipinski definition) is 5. The van der Waals surface area contributed by atoms with Crippen LogP contribution in [0, 0.1) is 0 Å². The molecule has 108 valence electrons. The third-order valence-electron chi connectivity index (χ3n) is 3.49. The van der Waals surface area contributed by atoms with E-state index in [-0.39, 0.29) is 6.04 Å². The molecule has 21 heavy (non-hydrogen) atoms. The van der Waals surface area contributed by atoms with E-state index in [2.05, 4.69) is 22.2 Å². The lowest BCUT2D eigenvalue weighted by Gasteiger charge is -2.14. The molecule has 0 fully saturated rings. The predicted octanol–water partition coefficient (Wildman–Crippen LogP) is 3.51. The number of fused-ring (bicyclic) bond motifs is 1. The van der Waals surface area contributed by atoms with Gasteiger partial charge in [0.25, 0.3) is 0 Å². The predicted molar refractivity (Wildman–Crippen MR) is 88.1 cm³/mol. The summed E-state index contributed by atoms with van der Waals surface area (Å²) < 4.78 is 0. The van der Waals surface area contributed by atoms with Crippen molar-refractivity contribution in [3.63, 3.8) is 0 Å². The van der Waals surface area contributed by atoms with Crippen molar-refractivity contribution >= 4 is 27.9 Å². The molecule has 0 amide bonds. The number of rotatable bonds is 5. The molecule has 0 saturated heterocycles. The minimum absolute atomic E-state index is 0.263. The smallest absolute Gasteiger partial charge is 0.109 e. The summed E-state index contributed by atoms with van der Waals surface area (Å²) in [6, 6.07) is 10.2. The highest BCUT2D eigenvalue weighted by atomic mass is 32.1. The number of hydrogen-bond donors (Lipinski definition) is 2. The Kier molecular flexibility index (Phi) is 4.13. The number of thiazole rings is 1. The molecule has 0 aliphatic rings. The van der Waals surface area contributed by atoms with E-state index in [0.29, 0.717) is 6.54 Å². The molecule has 0 saturated carbocycles. The molecule has 4 nitrogen and oxygen atoms in total. The molecule has 0 spiro atoms. The number of para-hydroxylation sites is 1. The highest BCUT2D eigenvalue weighted by molar-refractivity contribution is 7.09. The summed E-state index contributed by atoms with van der Waals surface area (Å²) in [6.45, 7) is 2.84. The van der Waals surface area contributed by atoms with E-state index in [0.717, 1.165) is 33.7 Å². The standard InChI is InChI=1S/C16H18N4S/c1-2-14(16-18-7-8-21-16)19-10-11-9-13(17)12-5-3-4-6-15(12)20-11/h3-9,14,19H,2,10H2,1H3,(H2,17,20). The molecule has 0 bridgehead atoms. The summed E-state index contributed by atoms with van der Waals surface area (Å²) in [5.74, 6) is 0. The minimum atomic E-state index is 0.263. The summed E-state index contributed by atoms with van der Waals surface area (Å²) in [5.41, 5.74) is 8.79. The van der Waals surface area contributed by atoms with Crippen LogP contribution in [0.3, 0.4) is 0 Å². The zero-order valence-electron chi connectivity index (χ0n) is 11.9. The summed E-state index contributed by atoms with van der Waals surface area (Å²) in [6.07, 6.45) is 2.84. The number of pyridine rings is 1. The molecule has 1 unspecified atom stereocenters. The molecule has 3 aromatic rings. The third-order valence-corrected chi connectivity index (χ3v) is 4.38. The average Bonchev–Trinajstić information content (AvgIpc) is 3.02. The first-order chi connectivity index (χ1) is 10.3. The number of aromatic nitrogens is 2. The fourth-order valence-corrected chi connectivity index (χ4v) is 3.19. The Bertz CT molecular complexity index is 724. The summed E-state index contributed by atoms with van der Waals surface area (Å²) in [5, 5.41) is 7.64. The van der Waals surface area contributed by atoms with Crippen molar-refractivity contribution in [3.8, 4) is 0 Å². The van der Waals surface area contributed by atoms with Crippen LogP contribution < -0.4 is 11.1 Å². The number of anilines is 1. The van der Waals surface area contributed by atoms with Gasteiger partial charge in [-0.1, -0.05) is 25.1 Å². The van der Waals surface area contributed by atoms with Crippen molar-refractivity contribution in [2.75, 3.05) is 5.73 Å². The number of nitrogen functional groups attached to an aromatic ring is 1. The van der Waals surface area contributed by atoms with Crippen molar-refractivity contribution in [2.24, 2.45) is 0 Å². The second-order valence-corrected chi connectivity index (χ2v) is 5.86. The lowest BCUT2D eigenvalue weighted by Crippen LogP contribution is -2.20. The molecular formula is C16H18N4S. The molecule has 1 atom stereocenters. The van der Waals surface area contributed by atoms with Crippen LogP contribution in [0.5, 0.6) is 0 Å². The maximum Gasteiger partial charge on any atom is 0.109 e. The Morgan fingerprint density at radius 2 is 2.19 bits per heavy atom. The molecule has 2 heterocycles. The van der Waals surface area contributed by atoms with Crippen LogP contribution in [0.25, 0.3) is 10.9 Å². The molecule has 3 rings (SSSR count). The number of nitrogens with zero attached hydrogens (tertiary/aromatic N) is 2. The first-order valence-electron chi connectivity index (χ1n) is 7.05. The molecule has 1 aromatic carbocycles. The van der Waals surface area contributed by atoms with E-state index in [1.165, 1.54) is 0 Å². The Morgan fingerprint density at radius 3 is 2.95 bits per heavy atom. The molecule has 0 radical (unpaired) electrons. The van der Waals surface area contributed by atoms with E-state index in [1.54, 1.807) is 11.3 Å². The van der Waals surface area contributed by atoms with Crippen molar-refractivity contribution in [2.45, 2.75) is 25.9 Å². The maximum atomic E-state index is 6.11. The van der Waals surface area contributed by atoms with Gasteiger partial charge in [0.05, 0.1) is 17.3 Å². The number of nitrogens with two attached hydrogens (primary N) is 1. The SMILES string of the molecule is CCC(NCc1cc(N)c2ccccc2n1)c1nccs1. The summed E-state index contributed by atoms with van der Waals surface area (Å²) in [4.78, 5) is 9.04. The average molecular weight is 298 g/mol. The number of nitrogens with one attached hydrogen (secondary N) is 1. The van der Waals surface area contributed by atoms with Crippen molar-refractivity contribution in [3.05, 3.63) is 52.6 Å². The lowest BCUT2D eigenvalue weighted by molar-refractivity contribution is 0.512. The van der Waals surface area contributed by atoms with E-state index >= 15 is 0 Å². The lowest BCUT2D eigenvalue weighted by atomic mass is 10.1. The van der Waals surface area contributed by atoms with Crippen LogP contribution in [0.4, 0.5) is 5.69 Å². The minimum Gasteiger partial charge on any atom is -0.398 e. The molecule has 5 heteroatoms. The van der Waals surface area contributed by atoms with Crippen LogP contribution >= 0.6 is 11.3 Å². The van der Waals surface area contributed by atoms with Gasteiger partial charge in [0, 0.05) is 29.2 Å². The Hall–Kier alpha value is -1.98. The van der Waals surface area contributed by atoms with Crippen LogP contribution in [0.15, 0.2) is 41.9 Å². The van der Waals surface area contributed by atoms with Crippen LogP contribution in [0.1, 0.15) is 30.1 Å². The summed E-state index contributed by atoms with van der Waals surface area (Å²) >= 11 is 1.68. The van der Waals surface area contributed by atoms with Gasteiger partial charge in [-0.25, -0.2) is 4.98 Å². The maximum absolute atomic E-state index is 6.11. The largest absolute Gasteiger partial charge is 0.398 e. The van der Waals surface area contributed by atoms with Crippen molar-refractivity contribution in [1.29, 1.82) is 0 Å². The van der Waals surface area contributed by atoms with Gasteiger partial charge >= 0.3 is 0 Å². The fraction of sp³-hybridized carbons (Fsp3) is 0.250. The molecule has 0 aliphatic heterocycles. The van der Waals surface area contributed by atoms with Gasteiger partial charge < -0.3 is 11.1 Å². The molecule has 2 aromatic heterocycles. The van der Waals surface area contributed by atoms with Crippen molar-refractivity contribution < 1.29 is 0 Å². The highest BCUT2D eigenvalue weighted by Crippen LogP contribution is 2.22. The summed E-state index contributed by atoms with van der Waals surface area (Å²) in [7, 11) is 0. The Morgan fingerprint density at radius 1 is 1.33 bits per heavy atom. The van der Waals surface area contributed by atoms with Gasteiger partial charge in [0.2, 0.25) is 0 Å². The van der Waals surface area contributed by atoms with Gasteiger partial charge in [-0.05, 0) is 18.6 Å². The van der Waals surface area contributed by atoms with Gasteiger partial charge in [0.15, 0.2) is 0 Å². The molecule has 3 N–H and O–H groups in total. The second kappa shape index (κ2) is 6.20. The van der Waals surface area contributed by atoms with Crippen molar-refractivity contribution in [1.82, 2.24) is 15.3 Å². The normalized spacial score (nSPS) is 12.6. The van der Waals surface area contributed by atoms with E-state index < -0.39 is 0 Å². The highest BCUT2D eigenvalue weighted by Gasteiger charge is 2.12. The zero-order chi connectivity index (χ0) is 14.7. The topological polar surface area (TPSA) is 63.8 Å². The zero-order valence-corrected chi connectivity index (χ0v) is 12.7. The van der Waals surface area contributed by atoms with E-state index in [1.807, 2.05) is 41.9 Å². The quantitative estimate of drug-likeness (QED) is 0.756. The van der Waals surface area contributed by atoms with Crippen LogP contribution in [0.2, 0.25) is 0 Å². The third kappa shape index (κ3) is 3.04. The van der Waals surface area contributed by atoms with Crippen LogP contribution in [-0.4, -0.2) is 9.97 Å². The molecule has 0 aliphatic carbocycles. The number of benzene rings is 1. The van der Waals surface area contributed by atoms with Gasteiger partial charge in [-0.3, -0.25) is 4.98 Å². The molecular weight excluding hydrogens is 280 g/mol. The fourth-order valence-electron chi connectivity index (χ4n) is 2.39. The second-order valence-electron chi connectivity index (χ2n) is 4.93. The van der Waals surface area contributed by atoms with E-state index in [4.69, 9.17) is 5.73 Å². The van der Waals surface area contributed by atoms with Gasteiger partial charge in [-0.2, -0.15) is 0 Å². The Labute approximate surface area is 128 Å². The first-order valence-corrected chi connectivity index (χ1v) is 7.93. The van der Waals surface area contributed by atoms with Gasteiger partial charge in [0.1, 0.15) is 5.01 Å². The Balaban J connectivity index is 1.79. The monoisotopic (exact) mass is 298 g/mol. The van der Waals surface area contributed by atoms with Gasteiger partial charge in [-0.15, -0.1) is 11.3 Å². The van der Waals surface area contributed by atoms with E-state index in [9.17, 15) is 0 Å². The van der Waals surface area contributed by atoms with Crippen LogP contribution in [-0.2, 0) is 6.54 Å².